The molecule has 0 saturated carbocycles. The van der Waals surface area contributed by atoms with Crippen LogP contribution in [0.25, 0.3) is 0 Å². The van der Waals surface area contributed by atoms with E-state index in [0.717, 1.165) is 0 Å². The molecule has 0 fully saturated rings. The summed E-state index contributed by atoms with van der Waals surface area (Å²) in [6.45, 7) is 13.3. The van der Waals surface area contributed by atoms with Gasteiger partial charge in [-0.2, -0.15) is 0 Å². The Balaban J connectivity index is 2.93. The minimum absolute atomic E-state index is 0.335. The first-order chi connectivity index (χ1) is 8.53. The summed E-state index contributed by atoms with van der Waals surface area (Å²) in [4.78, 5) is 10.9. The van der Waals surface area contributed by atoms with Crippen molar-refractivity contribution in [3.63, 3.8) is 0 Å². The zero-order valence-corrected chi connectivity index (χ0v) is 14.7. The third kappa shape index (κ3) is 4.60. The van der Waals surface area contributed by atoms with E-state index in [1.54, 1.807) is 12.1 Å². The first-order valence-corrected chi connectivity index (χ1v) is 13.0. The standard InChI is InChI=1S/C14H24O3Si2/c1-11(19(5,6)17-18(2,3)4)12-7-9-13(10-8-12)14(15)16/h7-11H,1-6H3,(H,15,16). The second kappa shape index (κ2) is 5.60. The molecule has 1 atom stereocenters. The van der Waals surface area contributed by atoms with Crippen molar-refractivity contribution in [1.29, 1.82) is 0 Å². The smallest absolute Gasteiger partial charge is 0.335 e. The fraction of sp³-hybridized carbons (Fsp3) is 0.500. The molecule has 1 rings (SSSR count). The van der Waals surface area contributed by atoms with Gasteiger partial charge >= 0.3 is 5.97 Å². The van der Waals surface area contributed by atoms with E-state index in [0.29, 0.717) is 11.1 Å². The van der Waals surface area contributed by atoms with Crippen LogP contribution in [0, 0.1) is 0 Å². The molecule has 0 aromatic heterocycles. The second-order valence-corrected chi connectivity index (χ2v) is 15.6. The monoisotopic (exact) mass is 296 g/mol. The van der Waals surface area contributed by atoms with Crippen LogP contribution in [0.4, 0.5) is 0 Å². The molecule has 1 unspecified atom stereocenters. The Morgan fingerprint density at radius 1 is 1.11 bits per heavy atom. The minimum Gasteiger partial charge on any atom is -0.478 e. The number of hydrogen-bond acceptors (Lipinski definition) is 2. The van der Waals surface area contributed by atoms with Crippen LogP contribution in [0.5, 0.6) is 0 Å². The molecule has 0 heterocycles. The summed E-state index contributed by atoms with van der Waals surface area (Å²) in [5, 5.41) is 8.92. The normalized spacial score (nSPS) is 14.2. The van der Waals surface area contributed by atoms with E-state index in [1.807, 2.05) is 12.1 Å². The minimum atomic E-state index is -1.81. The lowest BCUT2D eigenvalue weighted by Gasteiger charge is -2.36. The van der Waals surface area contributed by atoms with Crippen LogP contribution in [0.2, 0.25) is 32.7 Å². The molecule has 0 amide bonds. The molecule has 5 heteroatoms. The highest BCUT2D eigenvalue weighted by Gasteiger charge is 2.35. The van der Waals surface area contributed by atoms with Gasteiger partial charge in [0.25, 0.3) is 0 Å². The van der Waals surface area contributed by atoms with Gasteiger partial charge in [0.15, 0.2) is 16.6 Å². The van der Waals surface area contributed by atoms with Crippen molar-refractivity contribution < 1.29 is 14.0 Å². The van der Waals surface area contributed by atoms with Crippen LogP contribution in [0.15, 0.2) is 24.3 Å². The third-order valence-corrected chi connectivity index (χ3v) is 10.2. The largest absolute Gasteiger partial charge is 0.478 e. The lowest BCUT2D eigenvalue weighted by molar-refractivity contribution is 0.0697. The summed E-state index contributed by atoms with van der Waals surface area (Å²) in [7, 11) is -3.36. The molecule has 0 spiro atoms. The van der Waals surface area contributed by atoms with Gasteiger partial charge in [-0.3, -0.25) is 0 Å². The molecule has 0 radical (unpaired) electrons. The maximum absolute atomic E-state index is 10.9. The van der Waals surface area contributed by atoms with Gasteiger partial charge in [0, 0.05) is 0 Å². The highest BCUT2D eigenvalue weighted by Crippen LogP contribution is 2.30. The van der Waals surface area contributed by atoms with E-state index >= 15 is 0 Å². The Morgan fingerprint density at radius 3 is 1.95 bits per heavy atom. The van der Waals surface area contributed by atoms with Crippen molar-refractivity contribution in [2.24, 2.45) is 0 Å². The quantitative estimate of drug-likeness (QED) is 0.833. The third-order valence-electron chi connectivity index (χ3n) is 3.27. The zero-order valence-electron chi connectivity index (χ0n) is 12.7. The van der Waals surface area contributed by atoms with Crippen molar-refractivity contribution in [3.8, 4) is 0 Å². The summed E-state index contributed by atoms with van der Waals surface area (Å²) < 4.78 is 6.38. The number of hydrogen-bond donors (Lipinski definition) is 1. The van der Waals surface area contributed by atoms with Crippen molar-refractivity contribution >= 4 is 22.6 Å². The molecular formula is C14H24O3Si2. The molecule has 1 aromatic carbocycles. The number of rotatable bonds is 5. The Labute approximate surface area is 117 Å². The fourth-order valence-corrected chi connectivity index (χ4v) is 10.2. The molecule has 0 aliphatic rings. The predicted molar refractivity (Wildman–Crippen MR) is 83.7 cm³/mol. The maximum Gasteiger partial charge on any atom is 0.335 e. The van der Waals surface area contributed by atoms with Crippen LogP contribution in [-0.4, -0.2) is 27.7 Å². The number of carbonyl (C=O) groups is 1. The zero-order chi connectivity index (χ0) is 14.8. The van der Waals surface area contributed by atoms with E-state index in [2.05, 4.69) is 39.7 Å². The Hall–Kier alpha value is -0.916. The predicted octanol–water partition coefficient (Wildman–Crippen LogP) is 4.08. The van der Waals surface area contributed by atoms with E-state index in [9.17, 15) is 4.79 Å². The number of carboxylic acids is 1. The van der Waals surface area contributed by atoms with Gasteiger partial charge in [-0.05, 0) is 56.0 Å². The summed E-state index contributed by atoms with van der Waals surface area (Å²) in [5.74, 6) is -0.881. The van der Waals surface area contributed by atoms with E-state index in [4.69, 9.17) is 9.22 Å². The first kappa shape index (κ1) is 16.1. The molecule has 106 valence electrons. The Kier molecular flexibility index (Phi) is 4.76. The molecule has 1 aromatic rings. The number of aromatic carboxylic acids is 1. The van der Waals surface area contributed by atoms with Gasteiger partial charge in [-0.15, -0.1) is 0 Å². The van der Waals surface area contributed by atoms with Gasteiger partial charge in [-0.1, -0.05) is 19.1 Å². The molecule has 1 N–H and O–H groups in total. The van der Waals surface area contributed by atoms with Gasteiger partial charge in [-0.25, -0.2) is 4.79 Å². The lowest BCUT2D eigenvalue weighted by Crippen LogP contribution is -2.46. The van der Waals surface area contributed by atoms with Crippen molar-refractivity contribution in [1.82, 2.24) is 0 Å². The lowest BCUT2D eigenvalue weighted by atomic mass is 10.1. The van der Waals surface area contributed by atoms with Crippen molar-refractivity contribution in [3.05, 3.63) is 35.4 Å². The van der Waals surface area contributed by atoms with Crippen molar-refractivity contribution in [2.75, 3.05) is 0 Å². The van der Waals surface area contributed by atoms with E-state index < -0.39 is 22.6 Å². The Morgan fingerprint density at radius 2 is 1.58 bits per heavy atom. The highest BCUT2D eigenvalue weighted by molar-refractivity contribution is 6.84. The van der Waals surface area contributed by atoms with Crippen LogP contribution in [0.1, 0.15) is 28.4 Å². The van der Waals surface area contributed by atoms with Crippen LogP contribution in [0.3, 0.4) is 0 Å². The molecule has 0 aliphatic heterocycles. The molecule has 0 saturated heterocycles. The van der Waals surface area contributed by atoms with Crippen LogP contribution in [-0.2, 0) is 4.12 Å². The summed E-state index contributed by atoms with van der Waals surface area (Å²) in [6, 6.07) is 7.17. The average Bonchev–Trinajstić information content (AvgIpc) is 2.25. The summed E-state index contributed by atoms with van der Waals surface area (Å²) in [6.07, 6.45) is 0. The van der Waals surface area contributed by atoms with Gasteiger partial charge in [0.1, 0.15) is 0 Å². The number of benzene rings is 1. The Bertz CT molecular complexity index is 447. The van der Waals surface area contributed by atoms with E-state index in [-0.39, 0.29) is 0 Å². The van der Waals surface area contributed by atoms with Gasteiger partial charge < -0.3 is 9.22 Å². The van der Waals surface area contributed by atoms with Crippen LogP contribution >= 0.6 is 0 Å². The summed E-state index contributed by atoms with van der Waals surface area (Å²) >= 11 is 0. The SMILES string of the molecule is CC(c1ccc(C(=O)O)cc1)[Si](C)(C)O[Si](C)(C)C. The molecule has 19 heavy (non-hydrogen) atoms. The molecule has 0 bridgehead atoms. The topological polar surface area (TPSA) is 46.5 Å². The van der Waals surface area contributed by atoms with Crippen LogP contribution < -0.4 is 0 Å². The highest BCUT2D eigenvalue weighted by atomic mass is 28.4. The molecular weight excluding hydrogens is 272 g/mol. The first-order valence-electron chi connectivity index (χ1n) is 6.56. The van der Waals surface area contributed by atoms with Gasteiger partial charge in [0.2, 0.25) is 0 Å². The average molecular weight is 297 g/mol. The van der Waals surface area contributed by atoms with Gasteiger partial charge in [0.05, 0.1) is 5.56 Å². The maximum atomic E-state index is 10.9. The molecule has 0 aliphatic carbocycles. The summed E-state index contributed by atoms with van der Waals surface area (Å²) in [5.41, 5.74) is 1.85. The van der Waals surface area contributed by atoms with E-state index in [1.165, 1.54) is 5.56 Å². The molecule has 3 nitrogen and oxygen atoms in total. The number of carboxylic acid groups (broad SMARTS) is 1. The van der Waals surface area contributed by atoms with Crippen molar-refractivity contribution in [2.45, 2.75) is 45.2 Å². The second-order valence-electron chi connectivity index (χ2n) is 6.47. The fourth-order valence-electron chi connectivity index (χ4n) is 2.19.